The second-order valence-corrected chi connectivity index (χ2v) is 7.80. The van der Waals surface area contributed by atoms with Crippen LogP contribution in [0.5, 0.6) is 0 Å². The molecule has 0 spiro atoms. The number of fused-ring (bicyclic) bond motifs is 1. The zero-order valence-corrected chi connectivity index (χ0v) is 16.9. The second-order valence-electron chi connectivity index (χ2n) is 7.36. The molecule has 0 bridgehead atoms. The predicted octanol–water partition coefficient (Wildman–Crippen LogP) is 3.64. The first-order chi connectivity index (χ1) is 12.7. The summed E-state index contributed by atoms with van der Waals surface area (Å²) < 4.78 is 1.96. The quantitative estimate of drug-likeness (QED) is 0.788. The maximum absolute atomic E-state index is 13.2. The van der Waals surface area contributed by atoms with Crippen molar-refractivity contribution in [3.63, 3.8) is 0 Å². The summed E-state index contributed by atoms with van der Waals surface area (Å²) in [5.41, 5.74) is 9.71. The van der Waals surface area contributed by atoms with Crippen molar-refractivity contribution in [2.45, 2.75) is 38.5 Å². The fraction of sp³-hybridized carbons (Fsp3) is 0.500. The van der Waals surface area contributed by atoms with Crippen LogP contribution in [0.3, 0.4) is 0 Å². The molecule has 4 rings (SSSR count). The Morgan fingerprint density at radius 3 is 2.63 bits per heavy atom. The van der Waals surface area contributed by atoms with Gasteiger partial charge in [0, 0.05) is 29.4 Å². The normalized spacial score (nSPS) is 19.3. The second kappa shape index (κ2) is 8.63. The molecule has 2 aliphatic rings. The lowest BCUT2D eigenvalue weighted by atomic mass is 10.1. The molecule has 146 valence electrons. The van der Waals surface area contributed by atoms with Crippen molar-refractivity contribution in [1.82, 2.24) is 14.7 Å². The van der Waals surface area contributed by atoms with Gasteiger partial charge in [0.1, 0.15) is 0 Å². The lowest BCUT2D eigenvalue weighted by molar-refractivity contribution is 0.0780. The first-order valence-corrected chi connectivity index (χ1v) is 9.91. The van der Waals surface area contributed by atoms with Crippen LogP contribution in [-0.4, -0.2) is 40.2 Å². The van der Waals surface area contributed by atoms with E-state index in [1.807, 2.05) is 33.8 Å². The molecule has 0 radical (unpaired) electrons. The number of halogens is 2. The number of aromatic nitrogens is 2. The number of carbonyl (C=O) groups is 1. The summed E-state index contributed by atoms with van der Waals surface area (Å²) >= 11 is 6.04. The Bertz CT molecular complexity index is 803. The minimum absolute atomic E-state index is 0. The molecule has 27 heavy (non-hydrogen) atoms. The highest BCUT2D eigenvalue weighted by atomic mass is 35.5. The van der Waals surface area contributed by atoms with Crippen LogP contribution in [0.1, 0.15) is 47.4 Å². The van der Waals surface area contributed by atoms with Gasteiger partial charge in [-0.1, -0.05) is 18.0 Å². The van der Waals surface area contributed by atoms with Crippen LogP contribution in [-0.2, 0) is 12.8 Å². The number of likely N-dealkylation sites (tertiary alicyclic amines) is 1. The molecule has 1 atom stereocenters. The Morgan fingerprint density at radius 1 is 1.19 bits per heavy atom. The maximum atomic E-state index is 13.2. The lowest BCUT2D eigenvalue weighted by Crippen LogP contribution is -2.31. The zero-order chi connectivity index (χ0) is 18.1. The zero-order valence-electron chi connectivity index (χ0n) is 15.4. The summed E-state index contributed by atoms with van der Waals surface area (Å²) in [6.07, 6.45) is 6.33. The third kappa shape index (κ3) is 4.00. The van der Waals surface area contributed by atoms with Crippen molar-refractivity contribution in [3.05, 3.63) is 46.2 Å². The summed E-state index contributed by atoms with van der Waals surface area (Å²) in [7, 11) is 0. The van der Waals surface area contributed by atoms with Gasteiger partial charge in [-0.3, -0.25) is 4.79 Å². The predicted molar refractivity (Wildman–Crippen MR) is 110 cm³/mol. The van der Waals surface area contributed by atoms with Gasteiger partial charge in [0.05, 0.1) is 5.69 Å². The smallest absolute Gasteiger partial charge is 0.274 e. The summed E-state index contributed by atoms with van der Waals surface area (Å²) in [6.45, 7) is 2.17. The Morgan fingerprint density at radius 2 is 1.93 bits per heavy atom. The molecule has 1 unspecified atom stereocenters. The van der Waals surface area contributed by atoms with Crippen LogP contribution in [0.2, 0.25) is 5.02 Å². The molecule has 1 amide bonds. The minimum Gasteiger partial charge on any atom is -0.337 e. The first-order valence-electron chi connectivity index (χ1n) is 9.53. The number of benzene rings is 1. The lowest BCUT2D eigenvalue weighted by Gasteiger charge is -2.15. The van der Waals surface area contributed by atoms with Gasteiger partial charge in [0.2, 0.25) is 0 Å². The van der Waals surface area contributed by atoms with Crippen LogP contribution < -0.4 is 5.73 Å². The van der Waals surface area contributed by atoms with Crippen molar-refractivity contribution in [3.8, 4) is 5.69 Å². The molecule has 1 aromatic heterocycles. The van der Waals surface area contributed by atoms with E-state index in [0.717, 1.165) is 56.4 Å². The van der Waals surface area contributed by atoms with E-state index in [1.54, 1.807) is 0 Å². The molecule has 0 saturated carbocycles. The van der Waals surface area contributed by atoms with Gasteiger partial charge in [0.15, 0.2) is 5.69 Å². The van der Waals surface area contributed by atoms with E-state index in [4.69, 9.17) is 22.4 Å². The Kier molecular flexibility index (Phi) is 6.45. The molecular formula is C20H26Cl2N4O. The number of hydrogen-bond donors (Lipinski definition) is 1. The van der Waals surface area contributed by atoms with Crippen molar-refractivity contribution >= 4 is 29.9 Å². The van der Waals surface area contributed by atoms with Gasteiger partial charge < -0.3 is 10.6 Å². The average Bonchev–Trinajstić information content (AvgIpc) is 3.20. The van der Waals surface area contributed by atoms with Gasteiger partial charge in [0.25, 0.3) is 5.91 Å². The van der Waals surface area contributed by atoms with Gasteiger partial charge in [-0.2, -0.15) is 5.10 Å². The van der Waals surface area contributed by atoms with Gasteiger partial charge >= 0.3 is 0 Å². The number of carbonyl (C=O) groups excluding carboxylic acids is 1. The molecule has 2 aromatic rings. The number of rotatable bonds is 3. The monoisotopic (exact) mass is 408 g/mol. The Labute approximate surface area is 171 Å². The standard InChI is InChI=1S/C20H25ClN4O.ClH/c21-15-6-8-16(9-7-15)25-18-5-3-1-2-4-17(18)19(23-25)20(26)24-11-10-14(12-22)13-24;/h6-9,14H,1-5,10-13,22H2;1H. The number of amides is 1. The highest BCUT2D eigenvalue weighted by molar-refractivity contribution is 6.30. The van der Waals surface area contributed by atoms with Crippen LogP contribution in [0.15, 0.2) is 24.3 Å². The molecule has 1 aliphatic heterocycles. The molecule has 1 saturated heterocycles. The molecule has 2 N–H and O–H groups in total. The van der Waals surface area contributed by atoms with Gasteiger partial charge in [-0.05, 0) is 68.8 Å². The minimum atomic E-state index is 0. The fourth-order valence-electron chi connectivity index (χ4n) is 4.10. The van der Waals surface area contributed by atoms with Crippen LogP contribution >= 0.6 is 24.0 Å². The van der Waals surface area contributed by atoms with E-state index in [1.165, 1.54) is 12.1 Å². The van der Waals surface area contributed by atoms with Crippen molar-refractivity contribution in [1.29, 1.82) is 0 Å². The Hall–Kier alpha value is -1.56. The molecule has 1 fully saturated rings. The van der Waals surface area contributed by atoms with Crippen LogP contribution in [0.4, 0.5) is 0 Å². The summed E-state index contributed by atoms with van der Waals surface area (Å²) in [5.74, 6) is 0.475. The van der Waals surface area contributed by atoms with Crippen LogP contribution in [0.25, 0.3) is 5.69 Å². The van der Waals surface area contributed by atoms with Crippen molar-refractivity contribution in [2.75, 3.05) is 19.6 Å². The third-order valence-electron chi connectivity index (χ3n) is 5.61. The molecular weight excluding hydrogens is 383 g/mol. The highest BCUT2D eigenvalue weighted by Gasteiger charge is 2.31. The van der Waals surface area contributed by atoms with E-state index < -0.39 is 0 Å². The summed E-state index contributed by atoms with van der Waals surface area (Å²) in [4.78, 5) is 15.1. The van der Waals surface area contributed by atoms with E-state index in [2.05, 4.69) is 0 Å². The number of nitrogens with zero attached hydrogens (tertiary/aromatic N) is 3. The molecule has 5 nitrogen and oxygen atoms in total. The number of nitrogens with two attached hydrogens (primary N) is 1. The van der Waals surface area contributed by atoms with E-state index in [9.17, 15) is 4.79 Å². The molecule has 1 aromatic carbocycles. The van der Waals surface area contributed by atoms with Crippen molar-refractivity contribution in [2.24, 2.45) is 11.7 Å². The largest absolute Gasteiger partial charge is 0.337 e. The fourth-order valence-corrected chi connectivity index (χ4v) is 4.23. The Balaban J connectivity index is 0.00000210. The van der Waals surface area contributed by atoms with Gasteiger partial charge in [-0.15, -0.1) is 12.4 Å². The molecule has 1 aliphatic carbocycles. The molecule has 7 heteroatoms. The van der Waals surface area contributed by atoms with Crippen LogP contribution in [0, 0.1) is 5.92 Å². The highest BCUT2D eigenvalue weighted by Crippen LogP contribution is 2.28. The molecule has 2 heterocycles. The maximum Gasteiger partial charge on any atom is 0.274 e. The van der Waals surface area contributed by atoms with E-state index in [-0.39, 0.29) is 18.3 Å². The van der Waals surface area contributed by atoms with Gasteiger partial charge in [-0.25, -0.2) is 4.68 Å². The summed E-state index contributed by atoms with van der Waals surface area (Å²) in [6, 6.07) is 7.68. The summed E-state index contributed by atoms with van der Waals surface area (Å²) in [5, 5.41) is 5.48. The van der Waals surface area contributed by atoms with E-state index >= 15 is 0 Å². The number of hydrogen-bond acceptors (Lipinski definition) is 3. The topological polar surface area (TPSA) is 64.2 Å². The van der Waals surface area contributed by atoms with E-state index in [0.29, 0.717) is 23.2 Å². The first kappa shape index (κ1) is 20.2. The third-order valence-corrected chi connectivity index (χ3v) is 5.86. The SMILES string of the molecule is Cl.NCC1CCN(C(=O)c2nn(-c3ccc(Cl)cc3)c3c2CCCCC3)C1. The van der Waals surface area contributed by atoms with Crippen molar-refractivity contribution < 1.29 is 4.79 Å². The average molecular weight is 409 g/mol.